The zero-order valence-corrected chi connectivity index (χ0v) is 23.5. The summed E-state index contributed by atoms with van der Waals surface area (Å²) < 4.78 is 18.0. The highest BCUT2D eigenvalue weighted by Crippen LogP contribution is 2.22. The van der Waals surface area contributed by atoms with Crippen LogP contribution in [0.3, 0.4) is 0 Å². The molecule has 206 valence electrons. The van der Waals surface area contributed by atoms with E-state index in [0.29, 0.717) is 6.61 Å². The summed E-state index contributed by atoms with van der Waals surface area (Å²) in [5.41, 5.74) is 2.25. The minimum absolute atomic E-state index is 0.0137. The molecule has 1 unspecified atom stereocenters. The first-order valence-electron chi connectivity index (χ1n) is 15.1. The third-order valence-corrected chi connectivity index (χ3v) is 7.17. The Morgan fingerprint density at radius 1 is 0.838 bits per heavy atom. The van der Waals surface area contributed by atoms with E-state index in [1.807, 2.05) is 36.7 Å². The van der Waals surface area contributed by atoms with Crippen LogP contribution in [0, 0.1) is 0 Å². The summed E-state index contributed by atoms with van der Waals surface area (Å²) >= 11 is 0. The van der Waals surface area contributed by atoms with Gasteiger partial charge in [0.1, 0.15) is 5.75 Å². The molecule has 5 nitrogen and oxygen atoms in total. The second kappa shape index (κ2) is 18.3. The summed E-state index contributed by atoms with van der Waals surface area (Å²) in [6.07, 6.45) is 23.6. The molecule has 0 spiro atoms. The van der Waals surface area contributed by atoms with Gasteiger partial charge in [-0.25, -0.2) is 9.97 Å². The maximum Gasteiger partial charge on any atom is 0.159 e. The molecular formula is C32H50N2O3. The van der Waals surface area contributed by atoms with Crippen molar-refractivity contribution in [3.05, 3.63) is 42.2 Å². The van der Waals surface area contributed by atoms with E-state index >= 15 is 0 Å². The van der Waals surface area contributed by atoms with Crippen molar-refractivity contribution in [2.24, 2.45) is 0 Å². The summed E-state index contributed by atoms with van der Waals surface area (Å²) in [7, 11) is 0. The number of benzene rings is 1. The standard InChI is InChI=1S/C32H50N2O3/c1-3-5-6-7-8-9-10-11-16-27-25-33-32(34-26-27)28-19-21-29(22-20-28)35-24-14-17-30(15-4-2)37-31-18-12-13-23-36-31/h19-22,25-26,30-31H,3-18,23-24H2,1-2H3/t30-,31?/m0/s1. The van der Waals surface area contributed by atoms with Crippen molar-refractivity contribution < 1.29 is 14.2 Å². The number of rotatable bonds is 19. The van der Waals surface area contributed by atoms with Gasteiger partial charge in [0, 0.05) is 24.6 Å². The maximum absolute atomic E-state index is 6.21. The van der Waals surface area contributed by atoms with Crippen molar-refractivity contribution in [3.8, 4) is 17.1 Å². The number of nitrogens with zero attached hydrogens (tertiary/aromatic N) is 2. The topological polar surface area (TPSA) is 53.5 Å². The molecule has 1 aliphatic rings. The van der Waals surface area contributed by atoms with E-state index in [1.165, 1.54) is 63.4 Å². The van der Waals surface area contributed by atoms with Crippen LogP contribution in [-0.2, 0) is 15.9 Å². The molecule has 5 heteroatoms. The third-order valence-electron chi connectivity index (χ3n) is 7.17. The van der Waals surface area contributed by atoms with Crippen molar-refractivity contribution in [2.75, 3.05) is 13.2 Å². The van der Waals surface area contributed by atoms with Gasteiger partial charge in [0.2, 0.25) is 0 Å². The van der Waals surface area contributed by atoms with Crippen LogP contribution in [0.5, 0.6) is 5.75 Å². The van der Waals surface area contributed by atoms with Crippen molar-refractivity contribution in [1.82, 2.24) is 9.97 Å². The van der Waals surface area contributed by atoms with Crippen LogP contribution < -0.4 is 4.74 Å². The Bertz CT molecular complexity index is 819. The Kier molecular flexibility index (Phi) is 14.6. The van der Waals surface area contributed by atoms with E-state index in [9.17, 15) is 0 Å². The molecule has 2 heterocycles. The Morgan fingerprint density at radius 2 is 1.57 bits per heavy atom. The molecule has 0 N–H and O–H groups in total. The van der Waals surface area contributed by atoms with E-state index in [1.54, 1.807) is 0 Å². The lowest BCUT2D eigenvalue weighted by atomic mass is 10.1. The van der Waals surface area contributed by atoms with Gasteiger partial charge in [-0.1, -0.05) is 65.2 Å². The molecule has 0 bridgehead atoms. The number of hydrogen-bond donors (Lipinski definition) is 0. The molecule has 0 radical (unpaired) electrons. The van der Waals surface area contributed by atoms with Crippen LogP contribution in [0.4, 0.5) is 0 Å². The second-order valence-electron chi connectivity index (χ2n) is 10.5. The largest absolute Gasteiger partial charge is 0.494 e. The first kappa shape index (κ1) is 29.6. The van der Waals surface area contributed by atoms with E-state index in [-0.39, 0.29) is 12.4 Å². The molecule has 3 rings (SSSR count). The maximum atomic E-state index is 6.21. The molecule has 0 aliphatic carbocycles. The molecule has 1 saturated heterocycles. The lowest BCUT2D eigenvalue weighted by Crippen LogP contribution is -2.28. The van der Waals surface area contributed by atoms with Crippen molar-refractivity contribution >= 4 is 0 Å². The minimum atomic E-state index is -0.0137. The Morgan fingerprint density at radius 3 is 2.24 bits per heavy atom. The fourth-order valence-corrected chi connectivity index (χ4v) is 4.93. The van der Waals surface area contributed by atoms with Crippen molar-refractivity contribution in [3.63, 3.8) is 0 Å². The SMILES string of the molecule is CCCCCCCCCCc1cnc(-c2ccc(OCCC[C@H](CCC)OC3CCCCO3)cc2)nc1. The normalized spacial score (nSPS) is 16.5. The summed E-state index contributed by atoms with van der Waals surface area (Å²) in [6.45, 7) is 6.01. The molecule has 1 aliphatic heterocycles. The van der Waals surface area contributed by atoms with Crippen LogP contribution in [0.25, 0.3) is 11.4 Å². The van der Waals surface area contributed by atoms with Crippen LogP contribution in [-0.4, -0.2) is 35.6 Å². The van der Waals surface area contributed by atoms with E-state index in [2.05, 4.69) is 23.8 Å². The highest BCUT2D eigenvalue weighted by Gasteiger charge is 2.19. The Labute approximate surface area is 225 Å². The number of unbranched alkanes of at least 4 members (excludes halogenated alkanes) is 7. The number of hydrogen-bond acceptors (Lipinski definition) is 5. The predicted molar refractivity (Wildman–Crippen MR) is 152 cm³/mol. The predicted octanol–water partition coefficient (Wildman–Crippen LogP) is 8.70. The van der Waals surface area contributed by atoms with Gasteiger partial charge in [-0.05, 0) is 81.2 Å². The lowest BCUT2D eigenvalue weighted by Gasteiger charge is -2.27. The first-order valence-corrected chi connectivity index (χ1v) is 15.1. The van der Waals surface area contributed by atoms with Gasteiger partial charge >= 0.3 is 0 Å². The average Bonchev–Trinajstić information content (AvgIpc) is 2.94. The zero-order chi connectivity index (χ0) is 26.0. The van der Waals surface area contributed by atoms with Gasteiger partial charge in [0.15, 0.2) is 12.1 Å². The molecule has 2 aromatic rings. The van der Waals surface area contributed by atoms with E-state index in [4.69, 9.17) is 14.2 Å². The van der Waals surface area contributed by atoms with Crippen LogP contribution in [0.1, 0.15) is 116 Å². The van der Waals surface area contributed by atoms with Crippen molar-refractivity contribution in [2.45, 2.75) is 129 Å². The summed E-state index contributed by atoms with van der Waals surface area (Å²) in [4.78, 5) is 9.22. The Balaban J connectivity index is 1.32. The summed E-state index contributed by atoms with van der Waals surface area (Å²) in [5, 5.41) is 0. The second-order valence-corrected chi connectivity index (χ2v) is 10.5. The zero-order valence-electron chi connectivity index (χ0n) is 23.5. The highest BCUT2D eigenvalue weighted by atomic mass is 16.7. The number of ether oxygens (including phenoxy) is 3. The average molecular weight is 511 g/mol. The van der Waals surface area contributed by atoms with Crippen LogP contribution >= 0.6 is 0 Å². The fourth-order valence-electron chi connectivity index (χ4n) is 4.93. The van der Waals surface area contributed by atoms with E-state index in [0.717, 1.165) is 68.7 Å². The molecule has 0 amide bonds. The van der Waals surface area contributed by atoms with Gasteiger partial charge < -0.3 is 14.2 Å². The molecule has 37 heavy (non-hydrogen) atoms. The molecular weight excluding hydrogens is 460 g/mol. The molecule has 1 aromatic heterocycles. The number of aromatic nitrogens is 2. The van der Waals surface area contributed by atoms with Crippen LogP contribution in [0.2, 0.25) is 0 Å². The van der Waals surface area contributed by atoms with Gasteiger partial charge in [-0.3, -0.25) is 0 Å². The van der Waals surface area contributed by atoms with Crippen LogP contribution in [0.15, 0.2) is 36.7 Å². The lowest BCUT2D eigenvalue weighted by molar-refractivity contribution is -0.190. The molecule has 0 saturated carbocycles. The van der Waals surface area contributed by atoms with Gasteiger partial charge in [-0.2, -0.15) is 0 Å². The van der Waals surface area contributed by atoms with Gasteiger partial charge in [0.05, 0.1) is 12.7 Å². The quantitative estimate of drug-likeness (QED) is 0.177. The van der Waals surface area contributed by atoms with Gasteiger partial charge in [0.25, 0.3) is 0 Å². The Hall–Kier alpha value is -1.98. The monoisotopic (exact) mass is 510 g/mol. The van der Waals surface area contributed by atoms with Crippen molar-refractivity contribution in [1.29, 1.82) is 0 Å². The first-order chi connectivity index (χ1) is 18.3. The fraction of sp³-hybridized carbons (Fsp3) is 0.688. The summed E-state index contributed by atoms with van der Waals surface area (Å²) in [5.74, 6) is 1.66. The molecule has 1 aromatic carbocycles. The van der Waals surface area contributed by atoms with E-state index < -0.39 is 0 Å². The third kappa shape index (κ3) is 12.0. The molecule has 1 fully saturated rings. The minimum Gasteiger partial charge on any atom is -0.494 e. The van der Waals surface area contributed by atoms with Gasteiger partial charge in [-0.15, -0.1) is 0 Å². The highest BCUT2D eigenvalue weighted by molar-refractivity contribution is 5.55. The molecule has 2 atom stereocenters. The summed E-state index contributed by atoms with van der Waals surface area (Å²) in [6, 6.07) is 8.13. The smallest absolute Gasteiger partial charge is 0.159 e. The number of aryl methyl sites for hydroxylation is 1.